The molecule has 0 amide bonds. The van der Waals surface area contributed by atoms with Gasteiger partial charge in [-0.05, 0) is 58.4 Å². The van der Waals surface area contributed by atoms with Crippen LogP contribution in [0.3, 0.4) is 0 Å². The highest BCUT2D eigenvalue weighted by atomic mass is 32.2. The van der Waals surface area contributed by atoms with Crippen molar-refractivity contribution in [2.75, 3.05) is 7.05 Å². The van der Waals surface area contributed by atoms with Crippen LogP contribution in [0.4, 0.5) is 0 Å². The molecular weight excluding hydrogens is 246 g/mol. The van der Waals surface area contributed by atoms with Crippen molar-refractivity contribution in [3.63, 3.8) is 0 Å². The minimum atomic E-state index is -3.24. The predicted octanol–water partition coefficient (Wildman–Crippen LogP) is 2.46. The van der Waals surface area contributed by atoms with E-state index in [9.17, 15) is 8.42 Å². The summed E-state index contributed by atoms with van der Waals surface area (Å²) in [7, 11) is -1.39. The first kappa shape index (κ1) is 15.2. The van der Waals surface area contributed by atoms with E-state index < -0.39 is 9.84 Å². The molecule has 0 aliphatic carbocycles. The summed E-state index contributed by atoms with van der Waals surface area (Å²) in [6.07, 6.45) is 0.617. The van der Waals surface area contributed by atoms with Crippen LogP contribution in [0.1, 0.15) is 31.4 Å². The summed E-state index contributed by atoms with van der Waals surface area (Å²) >= 11 is 0. The Bertz CT molecular complexity index is 509. The van der Waals surface area contributed by atoms with Crippen LogP contribution in [0, 0.1) is 13.8 Å². The molecule has 1 aromatic rings. The lowest BCUT2D eigenvalue weighted by Gasteiger charge is -2.18. The smallest absolute Gasteiger partial charge is 0.181 e. The predicted molar refractivity (Wildman–Crippen MR) is 75.7 cm³/mol. The van der Waals surface area contributed by atoms with Gasteiger partial charge in [0.2, 0.25) is 0 Å². The Labute approximate surface area is 111 Å². The van der Waals surface area contributed by atoms with Gasteiger partial charge in [-0.25, -0.2) is 8.42 Å². The van der Waals surface area contributed by atoms with Crippen molar-refractivity contribution in [2.45, 2.75) is 50.3 Å². The Balaban J connectivity index is 3.09. The zero-order valence-corrected chi connectivity index (χ0v) is 12.6. The number of nitrogens with one attached hydrogen (secondary N) is 1. The van der Waals surface area contributed by atoms with Gasteiger partial charge in [0, 0.05) is 6.04 Å². The van der Waals surface area contributed by atoms with E-state index in [4.69, 9.17) is 0 Å². The monoisotopic (exact) mass is 269 g/mol. The molecule has 0 aliphatic rings. The molecule has 102 valence electrons. The molecule has 1 N–H and O–H groups in total. The lowest BCUT2D eigenvalue weighted by molar-refractivity contribution is 0.530. The molecule has 1 aromatic carbocycles. The number of sulfone groups is 1. The summed E-state index contributed by atoms with van der Waals surface area (Å²) in [4.78, 5) is 0.471. The van der Waals surface area contributed by atoms with Crippen molar-refractivity contribution in [1.82, 2.24) is 5.32 Å². The van der Waals surface area contributed by atoms with Crippen LogP contribution in [0.25, 0.3) is 0 Å². The molecule has 0 spiro atoms. The maximum absolute atomic E-state index is 12.5. The molecule has 4 heteroatoms. The van der Waals surface area contributed by atoms with Crippen LogP contribution >= 0.6 is 0 Å². The molecule has 3 nitrogen and oxygen atoms in total. The average Bonchev–Trinajstić information content (AvgIpc) is 2.31. The zero-order valence-electron chi connectivity index (χ0n) is 11.8. The fourth-order valence-electron chi connectivity index (χ4n) is 1.97. The molecule has 1 rings (SSSR count). The average molecular weight is 269 g/mol. The molecule has 0 aromatic heterocycles. The Morgan fingerprint density at radius 3 is 2.39 bits per heavy atom. The molecule has 2 unspecified atom stereocenters. The van der Waals surface area contributed by atoms with Gasteiger partial charge in [0.05, 0.1) is 10.1 Å². The number of rotatable bonds is 5. The van der Waals surface area contributed by atoms with Crippen molar-refractivity contribution < 1.29 is 8.42 Å². The maximum atomic E-state index is 12.5. The van der Waals surface area contributed by atoms with E-state index in [0.717, 1.165) is 11.1 Å². The number of hydrogen-bond acceptors (Lipinski definition) is 3. The van der Waals surface area contributed by atoms with Gasteiger partial charge in [-0.2, -0.15) is 0 Å². The van der Waals surface area contributed by atoms with Gasteiger partial charge in [0.15, 0.2) is 9.84 Å². The van der Waals surface area contributed by atoms with E-state index in [1.54, 1.807) is 13.0 Å². The van der Waals surface area contributed by atoms with Crippen molar-refractivity contribution in [3.05, 3.63) is 29.3 Å². The molecule has 0 radical (unpaired) electrons. The Hall–Kier alpha value is -0.870. The van der Waals surface area contributed by atoms with Crippen LogP contribution < -0.4 is 5.32 Å². The van der Waals surface area contributed by atoms with Crippen LogP contribution in [-0.2, 0) is 9.84 Å². The highest BCUT2D eigenvalue weighted by Gasteiger charge is 2.26. The highest BCUT2D eigenvalue weighted by molar-refractivity contribution is 7.92. The van der Waals surface area contributed by atoms with E-state index in [0.29, 0.717) is 11.3 Å². The summed E-state index contributed by atoms with van der Waals surface area (Å²) in [5, 5.41) is 2.71. The molecule has 18 heavy (non-hydrogen) atoms. The molecule has 0 bridgehead atoms. The third-order valence-corrected chi connectivity index (χ3v) is 5.66. The molecular formula is C14H23NO2S. The van der Waals surface area contributed by atoms with Crippen LogP contribution in [0.5, 0.6) is 0 Å². The lowest BCUT2D eigenvalue weighted by Crippen LogP contribution is -2.30. The highest BCUT2D eigenvalue weighted by Crippen LogP contribution is 2.23. The fraction of sp³-hybridized carbons (Fsp3) is 0.571. The Kier molecular flexibility index (Phi) is 4.93. The van der Waals surface area contributed by atoms with E-state index in [2.05, 4.69) is 5.32 Å². The minimum Gasteiger partial charge on any atom is -0.317 e. The summed E-state index contributed by atoms with van der Waals surface area (Å²) in [6.45, 7) is 7.54. The van der Waals surface area contributed by atoms with Gasteiger partial charge in [-0.1, -0.05) is 12.1 Å². The lowest BCUT2D eigenvalue weighted by atomic mass is 10.2. The molecule has 0 aliphatic heterocycles. The van der Waals surface area contributed by atoms with Gasteiger partial charge in [0.1, 0.15) is 0 Å². The molecule has 0 saturated heterocycles. The summed E-state index contributed by atoms with van der Waals surface area (Å²) in [6, 6.07) is 5.77. The van der Waals surface area contributed by atoms with E-state index in [1.165, 1.54) is 0 Å². The SMILES string of the molecule is CNC(C)CC(C)S(=O)(=O)c1cc(C)ccc1C. The van der Waals surface area contributed by atoms with Crippen molar-refractivity contribution in [1.29, 1.82) is 0 Å². The molecule has 2 atom stereocenters. The number of hydrogen-bond donors (Lipinski definition) is 1. The topological polar surface area (TPSA) is 46.2 Å². The number of aryl methyl sites for hydroxylation is 2. The van der Waals surface area contributed by atoms with Crippen LogP contribution in [0.15, 0.2) is 23.1 Å². The second-order valence-corrected chi connectivity index (χ2v) is 7.38. The van der Waals surface area contributed by atoms with E-state index in [1.807, 2.05) is 40.0 Å². The molecule has 0 heterocycles. The van der Waals surface area contributed by atoms with Crippen molar-refractivity contribution >= 4 is 9.84 Å². The first-order valence-corrected chi connectivity index (χ1v) is 7.82. The van der Waals surface area contributed by atoms with Crippen LogP contribution in [0.2, 0.25) is 0 Å². The van der Waals surface area contributed by atoms with E-state index >= 15 is 0 Å². The summed E-state index contributed by atoms with van der Waals surface area (Å²) in [5.41, 5.74) is 1.80. The third-order valence-electron chi connectivity index (χ3n) is 3.36. The number of benzene rings is 1. The van der Waals surface area contributed by atoms with Gasteiger partial charge in [-0.15, -0.1) is 0 Å². The third kappa shape index (κ3) is 3.33. The summed E-state index contributed by atoms with van der Waals surface area (Å²) < 4.78 is 25.1. The normalized spacial score (nSPS) is 15.4. The standard InChI is InChI=1S/C14H23NO2S/c1-10-6-7-11(2)14(8-10)18(16,17)13(4)9-12(3)15-5/h6-8,12-13,15H,9H2,1-5H3. The first-order valence-electron chi connectivity index (χ1n) is 6.27. The quantitative estimate of drug-likeness (QED) is 0.893. The summed E-state index contributed by atoms with van der Waals surface area (Å²) in [5.74, 6) is 0. The second kappa shape index (κ2) is 5.85. The van der Waals surface area contributed by atoms with Gasteiger partial charge >= 0.3 is 0 Å². The van der Waals surface area contributed by atoms with Gasteiger partial charge in [0.25, 0.3) is 0 Å². The van der Waals surface area contributed by atoms with Gasteiger partial charge in [-0.3, -0.25) is 0 Å². The zero-order chi connectivity index (χ0) is 13.9. The second-order valence-electron chi connectivity index (χ2n) is 5.05. The van der Waals surface area contributed by atoms with Crippen LogP contribution in [-0.4, -0.2) is 26.8 Å². The fourth-order valence-corrected chi connectivity index (χ4v) is 3.82. The molecule has 0 fully saturated rings. The van der Waals surface area contributed by atoms with Gasteiger partial charge < -0.3 is 5.32 Å². The first-order chi connectivity index (χ1) is 8.28. The maximum Gasteiger partial charge on any atom is 0.181 e. The molecule has 0 saturated carbocycles. The Morgan fingerprint density at radius 1 is 1.22 bits per heavy atom. The largest absolute Gasteiger partial charge is 0.317 e. The van der Waals surface area contributed by atoms with Crippen molar-refractivity contribution in [2.24, 2.45) is 0 Å². The minimum absolute atomic E-state index is 0.194. The van der Waals surface area contributed by atoms with Crippen molar-refractivity contribution in [3.8, 4) is 0 Å². The Morgan fingerprint density at radius 2 is 1.83 bits per heavy atom. The van der Waals surface area contributed by atoms with E-state index in [-0.39, 0.29) is 11.3 Å².